The van der Waals surface area contributed by atoms with Crippen molar-refractivity contribution in [2.24, 2.45) is 0 Å². The van der Waals surface area contributed by atoms with Crippen LogP contribution >= 0.6 is 22.9 Å². The normalized spacial score (nSPS) is 12.0. The average Bonchev–Trinajstić information content (AvgIpc) is 3.14. The number of ether oxygens (including phenoxy) is 1. The Morgan fingerprint density at radius 1 is 1.19 bits per heavy atom. The predicted octanol–water partition coefficient (Wildman–Crippen LogP) is 5.46. The quantitative estimate of drug-likeness (QED) is 0.415. The number of pyridine rings is 1. The Labute approximate surface area is 187 Å². The van der Waals surface area contributed by atoms with Crippen molar-refractivity contribution in [2.75, 3.05) is 17.7 Å². The molecule has 2 amide bonds. The summed E-state index contributed by atoms with van der Waals surface area (Å²) in [5, 5.41) is 6.95. The van der Waals surface area contributed by atoms with E-state index in [-0.39, 0.29) is 6.10 Å². The first-order chi connectivity index (χ1) is 15.0. The van der Waals surface area contributed by atoms with Gasteiger partial charge in [0.15, 0.2) is 5.82 Å². The number of nitrogens with zero attached hydrogens (tertiary/aromatic N) is 4. The molecule has 8 nitrogen and oxygen atoms in total. The highest BCUT2D eigenvalue weighted by Gasteiger charge is 2.20. The minimum absolute atomic E-state index is 0.276. The van der Waals surface area contributed by atoms with Crippen molar-refractivity contribution in [2.45, 2.75) is 20.0 Å². The van der Waals surface area contributed by atoms with Crippen LogP contribution in [0.4, 0.5) is 16.2 Å². The van der Waals surface area contributed by atoms with Crippen molar-refractivity contribution in [3.05, 3.63) is 58.4 Å². The number of rotatable bonds is 5. The summed E-state index contributed by atoms with van der Waals surface area (Å²) in [6.45, 7) is 3.82. The molecule has 0 aliphatic heterocycles. The SMILES string of the molecule is COC(C)c1c(NC(=O)Nc2ccc(-c3ncccn3)c(Cl)c2)cnc2sc(C)nc12. The first-order valence-corrected chi connectivity index (χ1v) is 10.6. The van der Waals surface area contributed by atoms with E-state index in [2.05, 4.69) is 30.6 Å². The maximum Gasteiger partial charge on any atom is 0.323 e. The number of benzene rings is 1. The third-order valence-corrected chi connectivity index (χ3v) is 5.81. The highest BCUT2D eigenvalue weighted by atomic mass is 35.5. The lowest BCUT2D eigenvalue weighted by Gasteiger charge is -2.16. The second-order valence-electron chi connectivity index (χ2n) is 6.70. The molecule has 0 bridgehead atoms. The standard InChI is InChI=1S/C21H19ClN6O2S/c1-11(30-3)17-16(10-25-20-18(17)26-12(2)31-20)28-21(29)27-13-5-6-14(15(22)9-13)19-23-7-4-8-24-19/h4-11H,1-3H3,(H2,27,28,29). The molecule has 0 spiro atoms. The Kier molecular flexibility index (Phi) is 6.08. The second-order valence-corrected chi connectivity index (χ2v) is 8.29. The van der Waals surface area contributed by atoms with Crippen LogP contribution in [0, 0.1) is 6.92 Å². The fraction of sp³-hybridized carbons (Fsp3) is 0.190. The van der Waals surface area contributed by atoms with Crippen molar-refractivity contribution >= 4 is 50.7 Å². The molecule has 1 atom stereocenters. The van der Waals surface area contributed by atoms with Gasteiger partial charge in [-0.25, -0.2) is 24.7 Å². The first-order valence-electron chi connectivity index (χ1n) is 9.40. The molecular weight excluding hydrogens is 436 g/mol. The number of nitrogens with one attached hydrogen (secondary N) is 2. The Bertz CT molecular complexity index is 1250. The summed E-state index contributed by atoms with van der Waals surface area (Å²) in [5.74, 6) is 0.514. The molecule has 1 aromatic carbocycles. The number of methoxy groups -OCH3 is 1. The number of urea groups is 1. The van der Waals surface area contributed by atoms with Gasteiger partial charge < -0.3 is 15.4 Å². The first kappa shape index (κ1) is 21.1. The molecule has 0 aliphatic carbocycles. The van der Waals surface area contributed by atoms with Gasteiger partial charge in [-0.15, -0.1) is 0 Å². The third kappa shape index (κ3) is 4.48. The minimum Gasteiger partial charge on any atom is -0.377 e. The summed E-state index contributed by atoms with van der Waals surface area (Å²) in [6, 6.07) is 6.45. The largest absolute Gasteiger partial charge is 0.377 e. The van der Waals surface area contributed by atoms with Crippen molar-refractivity contribution in [1.82, 2.24) is 19.9 Å². The maximum atomic E-state index is 12.7. The number of aryl methyl sites for hydroxylation is 1. The molecule has 1 unspecified atom stereocenters. The lowest BCUT2D eigenvalue weighted by atomic mass is 10.1. The van der Waals surface area contributed by atoms with E-state index in [1.54, 1.807) is 50.0 Å². The molecule has 31 heavy (non-hydrogen) atoms. The molecule has 0 saturated carbocycles. The third-order valence-electron chi connectivity index (χ3n) is 4.61. The zero-order valence-electron chi connectivity index (χ0n) is 17.0. The zero-order valence-corrected chi connectivity index (χ0v) is 18.6. The summed E-state index contributed by atoms with van der Waals surface area (Å²) in [4.78, 5) is 30.9. The average molecular weight is 455 g/mol. The van der Waals surface area contributed by atoms with E-state index in [4.69, 9.17) is 16.3 Å². The van der Waals surface area contributed by atoms with E-state index in [0.29, 0.717) is 27.8 Å². The number of aromatic nitrogens is 4. The highest BCUT2D eigenvalue weighted by Crippen LogP contribution is 2.34. The van der Waals surface area contributed by atoms with E-state index in [0.717, 1.165) is 20.9 Å². The van der Waals surface area contributed by atoms with Crippen LogP contribution in [0.1, 0.15) is 23.6 Å². The van der Waals surface area contributed by atoms with Gasteiger partial charge in [-0.1, -0.05) is 22.9 Å². The molecule has 3 heterocycles. The molecule has 158 valence electrons. The van der Waals surface area contributed by atoms with Crippen LogP contribution in [-0.2, 0) is 4.74 Å². The fourth-order valence-corrected chi connectivity index (χ4v) is 4.17. The molecule has 0 fully saturated rings. The molecule has 10 heteroatoms. The second kappa shape index (κ2) is 8.93. The van der Waals surface area contributed by atoms with E-state index in [1.165, 1.54) is 11.3 Å². The van der Waals surface area contributed by atoms with Crippen LogP contribution in [0.2, 0.25) is 5.02 Å². The van der Waals surface area contributed by atoms with E-state index < -0.39 is 6.03 Å². The van der Waals surface area contributed by atoms with Gasteiger partial charge in [0.2, 0.25) is 0 Å². The van der Waals surface area contributed by atoms with Crippen LogP contribution in [0.25, 0.3) is 21.7 Å². The predicted molar refractivity (Wildman–Crippen MR) is 123 cm³/mol. The summed E-state index contributed by atoms with van der Waals surface area (Å²) in [6.07, 6.45) is 4.63. The van der Waals surface area contributed by atoms with E-state index in [1.807, 2.05) is 13.8 Å². The van der Waals surface area contributed by atoms with Crippen molar-refractivity contribution in [1.29, 1.82) is 0 Å². The Morgan fingerprint density at radius 3 is 2.68 bits per heavy atom. The summed E-state index contributed by atoms with van der Waals surface area (Å²) >= 11 is 7.87. The van der Waals surface area contributed by atoms with Gasteiger partial charge in [-0.05, 0) is 38.1 Å². The molecule has 0 aliphatic rings. The van der Waals surface area contributed by atoms with Crippen molar-refractivity contribution < 1.29 is 9.53 Å². The van der Waals surface area contributed by atoms with Gasteiger partial charge in [0, 0.05) is 36.3 Å². The van der Waals surface area contributed by atoms with Crippen molar-refractivity contribution in [3.63, 3.8) is 0 Å². The van der Waals surface area contributed by atoms with Gasteiger partial charge >= 0.3 is 6.03 Å². The maximum absolute atomic E-state index is 12.7. The number of thiazole rings is 1. The fourth-order valence-electron chi connectivity index (χ4n) is 3.13. The zero-order chi connectivity index (χ0) is 22.0. The highest BCUT2D eigenvalue weighted by molar-refractivity contribution is 7.18. The number of halogens is 1. The van der Waals surface area contributed by atoms with Gasteiger partial charge in [-0.3, -0.25) is 0 Å². The summed E-state index contributed by atoms with van der Waals surface area (Å²) in [5.41, 5.74) is 3.25. The molecule has 3 aromatic heterocycles. The Morgan fingerprint density at radius 2 is 1.97 bits per heavy atom. The lowest BCUT2D eigenvalue weighted by Crippen LogP contribution is -2.21. The number of carbonyl (C=O) groups excluding carboxylic acids is 1. The van der Waals surface area contributed by atoms with Crippen LogP contribution in [-0.4, -0.2) is 33.1 Å². The Hall–Kier alpha value is -3.14. The number of hydrogen-bond donors (Lipinski definition) is 2. The number of amides is 2. The van der Waals surface area contributed by atoms with Crippen LogP contribution in [0.15, 0.2) is 42.9 Å². The van der Waals surface area contributed by atoms with Gasteiger partial charge in [-0.2, -0.15) is 0 Å². The van der Waals surface area contributed by atoms with Gasteiger partial charge in [0.25, 0.3) is 0 Å². The van der Waals surface area contributed by atoms with Gasteiger partial charge in [0.05, 0.1) is 28.0 Å². The van der Waals surface area contributed by atoms with Crippen molar-refractivity contribution in [3.8, 4) is 11.4 Å². The molecule has 0 saturated heterocycles. The topological polar surface area (TPSA) is 102 Å². The Balaban J connectivity index is 1.56. The van der Waals surface area contributed by atoms with Gasteiger partial charge in [0.1, 0.15) is 10.3 Å². The number of carbonyl (C=O) groups is 1. The number of hydrogen-bond acceptors (Lipinski definition) is 7. The molecular formula is C21H19ClN6O2S. The molecule has 2 N–H and O–H groups in total. The molecule has 4 aromatic rings. The summed E-state index contributed by atoms with van der Waals surface area (Å²) in [7, 11) is 1.61. The van der Waals surface area contributed by atoms with Crippen LogP contribution in [0.5, 0.6) is 0 Å². The number of anilines is 2. The number of fused-ring (bicyclic) bond motifs is 1. The van der Waals surface area contributed by atoms with E-state index >= 15 is 0 Å². The van der Waals surface area contributed by atoms with Crippen LogP contribution in [0.3, 0.4) is 0 Å². The lowest BCUT2D eigenvalue weighted by molar-refractivity contribution is 0.121. The minimum atomic E-state index is -0.433. The molecule has 0 radical (unpaired) electrons. The van der Waals surface area contributed by atoms with Crippen LogP contribution < -0.4 is 10.6 Å². The summed E-state index contributed by atoms with van der Waals surface area (Å²) < 4.78 is 5.50. The molecule has 4 rings (SSSR count). The monoisotopic (exact) mass is 454 g/mol. The smallest absolute Gasteiger partial charge is 0.323 e. The van der Waals surface area contributed by atoms with E-state index in [9.17, 15) is 4.79 Å².